The summed E-state index contributed by atoms with van der Waals surface area (Å²) in [6.45, 7) is 4.20. The number of hydrogen-bond acceptors (Lipinski definition) is 7. The summed E-state index contributed by atoms with van der Waals surface area (Å²) in [5.41, 5.74) is 1.68. The Morgan fingerprint density at radius 2 is 1.56 bits per heavy atom. The Labute approximate surface area is 241 Å². The molecule has 2 aromatic carbocycles. The number of hydrogen-bond donors (Lipinski definition) is 5. The second kappa shape index (κ2) is 17.5. The quantitative estimate of drug-likeness (QED) is 0.182. The average molecular weight is 571 g/mol. The number of methoxy groups -OCH3 is 1. The highest BCUT2D eigenvalue weighted by Crippen LogP contribution is 2.14. The van der Waals surface area contributed by atoms with Crippen LogP contribution in [-0.2, 0) is 32.1 Å². The second-order valence-electron chi connectivity index (χ2n) is 10.1. The summed E-state index contributed by atoms with van der Waals surface area (Å²) < 4.78 is 10.3. The van der Waals surface area contributed by atoms with E-state index in [1.165, 1.54) is 7.05 Å². The molecular weight excluding hydrogens is 528 g/mol. The van der Waals surface area contributed by atoms with Gasteiger partial charge in [0.05, 0.1) is 13.2 Å². The van der Waals surface area contributed by atoms with Gasteiger partial charge in [-0.1, -0.05) is 56.3 Å². The predicted octanol–water partition coefficient (Wildman–Crippen LogP) is 2.63. The van der Waals surface area contributed by atoms with Gasteiger partial charge in [0.2, 0.25) is 11.8 Å². The van der Waals surface area contributed by atoms with Crippen LogP contribution in [0.25, 0.3) is 0 Å². The number of rotatable bonds is 17. The number of amides is 3. The molecule has 2 aromatic rings. The SMILES string of the molecule is CNC(=O)[C@H](Cc1ccc(OC)cc1)NC(=O)[C@H](CC(C)C)N[C@H](CCCNC(=O)OCc1ccccc1)C(=O)O. The maximum absolute atomic E-state index is 13.3. The average Bonchev–Trinajstić information content (AvgIpc) is 2.96. The number of likely N-dealkylation sites (N-methyl/N-ethyl adjacent to an activating group) is 1. The standard InChI is InChI=1S/C30H42N4O7/c1-20(2)17-25(28(36)34-26(27(35)31-3)18-21-12-14-23(40-4)15-13-21)33-24(29(37)38)11-8-16-32-30(39)41-19-22-9-6-5-7-10-22/h5-7,9-10,12-15,20,24-26,33H,8,11,16-19H2,1-4H3,(H,31,35)(H,32,39)(H,34,36)(H,37,38)/t24-,25+,26+/m1/s1. The first-order chi connectivity index (χ1) is 19.6. The van der Waals surface area contributed by atoms with Crippen molar-refractivity contribution in [2.24, 2.45) is 5.92 Å². The van der Waals surface area contributed by atoms with E-state index >= 15 is 0 Å². The van der Waals surface area contributed by atoms with Crippen molar-refractivity contribution in [3.8, 4) is 5.75 Å². The van der Waals surface area contributed by atoms with E-state index in [1.54, 1.807) is 19.2 Å². The van der Waals surface area contributed by atoms with E-state index in [9.17, 15) is 24.3 Å². The molecule has 0 bridgehead atoms. The number of aliphatic carboxylic acids is 1. The fraction of sp³-hybridized carbons (Fsp3) is 0.467. The van der Waals surface area contributed by atoms with Gasteiger partial charge in [-0.15, -0.1) is 0 Å². The molecule has 2 rings (SSSR count). The number of carboxylic acids is 1. The highest BCUT2D eigenvalue weighted by molar-refractivity contribution is 5.90. The van der Waals surface area contributed by atoms with Crippen molar-refractivity contribution >= 4 is 23.9 Å². The predicted molar refractivity (Wildman–Crippen MR) is 154 cm³/mol. The lowest BCUT2D eigenvalue weighted by molar-refractivity contribution is -0.140. The summed E-state index contributed by atoms with van der Waals surface area (Å²) in [7, 11) is 3.05. The number of carboxylic acid groups (broad SMARTS) is 1. The smallest absolute Gasteiger partial charge is 0.407 e. The number of benzene rings is 2. The third-order valence-electron chi connectivity index (χ3n) is 6.35. The van der Waals surface area contributed by atoms with E-state index in [-0.39, 0.29) is 37.8 Å². The van der Waals surface area contributed by atoms with Crippen LogP contribution in [-0.4, -0.2) is 67.8 Å². The van der Waals surface area contributed by atoms with Gasteiger partial charge in [0.1, 0.15) is 24.4 Å². The summed E-state index contributed by atoms with van der Waals surface area (Å²) in [5.74, 6) is -1.19. The van der Waals surface area contributed by atoms with Crippen LogP contribution in [0, 0.1) is 5.92 Å². The molecule has 0 heterocycles. The molecule has 224 valence electrons. The summed E-state index contributed by atoms with van der Waals surface area (Å²) in [6, 6.07) is 13.7. The molecule has 0 aliphatic rings. The number of carbonyl (C=O) groups is 4. The third kappa shape index (κ3) is 12.3. The fourth-order valence-electron chi connectivity index (χ4n) is 4.17. The Morgan fingerprint density at radius 1 is 0.878 bits per heavy atom. The van der Waals surface area contributed by atoms with Crippen molar-refractivity contribution in [3.63, 3.8) is 0 Å². The molecule has 0 aromatic heterocycles. The Bertz CT molecular complexity index is 1110. The van der Waals surface area contributed by atoms with Crippen LogP contribution in [0.1, 0.15) is 44.2 Å². The maximum Gasteiger partial charge on any atom is 0.407 e. The fourth-order valence-corrected chi connectivity index (χ4v) is 4.17. The van der Waals surface area contributed by atoms with Gasteiger partial charge in [0, 0.05) is 20.0 Å². The van der Waals surface area contributed by atoms with Gasteiger partial charge < -0.3 is 30.5 Å². The Morgan fingerprint density at radius 3 is 2.15 bits per heavy atom. The van der Waals surface area contributed by atoms with Gasteiger partial charge in [0.25, 0.3) is 0 Å². The van der Waals surface area contributed by atoms with Gasteiger partial charge >= 0.3 is 12.1 Å². The molecule has 3 amide bonds. The van der Waals surface area contributed by atoms with Crippen LogP contribution >= 0.6 is 0 Å². The highest BCUT2D eigenvalue weighted by atomic mass is 16.5. The van der Waals surface area contributed by atoms with Crippen LogP contribution in [0.4, 0.5) is 4.79 Å². The molecule has 0 aliphatic carbocycles. The normalized spacial score (nSPS) is 13.0. The zero-order chi connectivity index (χ0) is 30.2. The Kier molecular flexibility index (Phi) is 14.2. The second-order valence-corrected chi connectivity index (χ2v) is 10.1. The third-order valence-corrected chi connectivity index (χ3v) is 6.35. The Hall–Kier alpha value is -4.12. The molecule has 0 spiro atoms. The summed E-state index contributed by atoms with van der Waals surface area (Å²) in [6.07, 6.45) is 0.531. The largest absolute Gasteiger partial charge is 0.497 e. The Balaban J connectivity index is 1.95. The topological polar surface area (TPSA) is 155 Å². The van der Waals surface area contributed by atoms with Gasteiger partial charge in [-0.3, -0.25) is 19.7 Å². The van der Waals surface area contributed by atoms with Gasteiger partial charge in [-0.2, -0.15) is 0 Å². The first-order valence-corrected chi connectivity index (χ1v) is 13.7. The van der Waals surface area contributed by atoms with Crippen LogP contribution in [0.15, 0.2) is 54.6 Å². The first kappa shape index (κ1) is 33.1. The lowest BCUT2D eigenvalue weighted by atomic mass is 9.99. The maximum atomic E-state index is 13.3. The molecule has 0 unspecified atom stereocenters. The number of alkyl carbamates (subject to hydrolysis) is 1. The van der Waals surface area contributed by atoms with Crippen molar-refractivity contribution in [3.05, 3.63) is 65.7 Å². The van der Waals surface area contributed by atoms with Crippen molar-refractivity contribution in [2.75, 3.05) is 20.7 Å². The van der Waals surface area contributed by atoms with E-state index in [0.717, 1.165) is 11.1 Å². The molecule has 5 N–H and O–H groups in total. The minimum Gasteiger partial charge on any atom is -0.497 e. The molecule has 0 saturated heterocycles. The molecule has 0 radical (unpaired) electrons. The van der Waals surface area contributed by atoms with E-state index in [0.29, 0.717) is 18.6 Å². The van der Waals surface area contributed by atoms with Gasteiger partial charge in [-0.25, -0.2) is 4.79 Å². The van der Waals surface area contributed by atoms with Crippen LogP contribution in [0.2, 0.25) is 0 Å². The molecule has 0 fully saturated rings. The molecule has 3 atom stereocenters. The van der Waals surface area contributed by atoms with Crippen LogP contribution < -0.4 is 26.0 Å². The number of ether oxygens (including phenoxy) is 2. The summed E-state index contributed by atoms with van der Waals surface area (Å²) in [5, 5.41) is 20.8. The van der Waals surface area contributed by atoms with E-state index in [2.05, 4.69) is 21.3 Å². The van der Waals surface area contributed by atoms with Crippen molar-refractivity contribution in [1.82, 2.24) is 21.3 Å². The summed E-state index contributed by atoms with van der Waals surface area (Å²) >= 11 is 0. The minimum atomic E-state index is -1.11. The van der Waals surface area contributed by atoms with Crippen molar-refractivity contribution < 1.29 is 33.8 Å². The molecule has 0 aliphatic heterocycles. The summed E-state index contributed by atoms with van der Waals surface area (Å²) in [4.78, 5) is 49.9. The number of nitrogens with one attached hydrogen (secondary N) is 4. The lowest BCUT2D eigenvalue weighted by Crippen LogP contribution is -2.56. The minimum absolute atomic E-state index is 0.0776. The zero-order valence-corrected chi connectivity index (χ0v) is 24.1. The van der Waals surface area contributed by atoms with E-state index in [1.807, 2.05) is 56.3 Å². The zero-order valence-electron chi connectivity index (χ0n) is 24.1. The van der Waals surface area contributed by atoms with E-state index in [4.69, 9.17) is 9.47 Å². The monoisotopic (exact) mass is 570 g/mol. The molecular formula is C30H42N4O7. The number of carbonyl (C=O) groups excluding carboxylic acids is 3. The van der Waals surface area contributed by atoms with Gasteiger partial charge in [-0.05, 0) is 48.4 Å². The van der Waals surface area contributed by atoms with Crippen molar-refractivity contribution in [2.45, 2.75) is 64.3 Å². The van der Waals surface area contributed by atoms with Crippen LogP contribution in [0.5, 0.6) is 5.75 Å². The molecule has 11 heteroatoms. The molecule has 0 saturated carbocycles. The van der Waals surface area contributed by atoms with Gasteiger partial charge in [0.15, 0.2) is 0 Å². The molecule has 41 heavy (non-hydrogen) atoms. The lowest BCUT2D eigenvalue weighted by Gasteiger charge is -2.26. The van der Waals surface area contributed by atoms with E-state index < -0.39 is 36.1 Å². The molecule has 11 nitrogen and oxygen atoms in total. The first-order valence-electron chi connectivity index (χ1n) is 13.7. The van der Waals surface area contributed by atoms with Crippen molar-refractivity contribution in [1.29, 1.82) is 0 Å². The highest BCUT2D eigenvalue weighted by Gasteiger charge is 2.29. The van der Waals surface area contributed by atoms with Crippen LogP contribution in [0.3, 0.4) is 0 Å².